The van der Waals surface area contributed by atoms with Crippen molar-refractivity contribution in [2.45, 2.75) is 19.6 Å². The van der Waals surface area contributed by atoms with Crippen molar-refractivity contribution in [3.8, 4) is 0 Å². The molecule has 0 saturated carbocycles. The maximum absolute atomic E-state index is 10.9. The third kappa shape index (κ3) is 2.05. The molecule has 0 aromatic heterocycles. The summed E-state index contributed by atoms with van der Waals surface area (Å²) in [5.41, 5.74) is 0.156. The Kier molecular flexibility index (Phi) is 1.92. The van der Waals surface area contributed by atoms with Crippen LogP contribution >= 0.6 is 0 Å². The third-order valence-corrected chi connectivity index (χ3v) is 2.00. The number of aliphatic hydroxyl groups excluding tert-OH is 1. The van der Waals surface area contributed by atoms with Crippen molar-refractivity contribution in [1.82, 2.24) is 0 Å². The lowest BCUT2D eigenvalue weighted by Gasteiger charge is -2.28. The number of aliphatic hydroxyl groups is 1. The normalized spacial score (nSPS) is 38.3. The first-order valence-electron chi connectivity index (χ1n) is 5.97. The van der Waals surface area contributed by atoms with Crippen LogP contribution in [0.15, 0.2) is 23.8 Å². The number of carbonyl (C=O) groups excluding carboxylic acids is 1. The molecule has 0 aliphatic carbocycles. The molecule has 13 heavy (non-hydrogen) atoms. The molecule has 0 amide bonds. The predicted octanol–water partition coefficient (Wildman–Crippen LogP) is 1.04. The van der Waals surface area contributed by atoms with Gasteiger partial charge in [-0.05, 0) is 24.5 Å². The predicted molar refractivity (Wildman–Crippen MR) is 49.0 cm³/mol. The highest BCUT2D eigenvalue weighted by Gasteiger charge is 2.27. The lowest BCUT2D eigenvalue weighted by atomic mass is 9.87. The molecule has 1 saturated heterocycles. The summed E-state index contributed by atoms with van der Waals surface area (Å²) < 4.78 is 34.1. The Morgan fingerprint density at radius 3 is 3.31 bits per heavy atom. The van der Waals surface area contributed by atoms with Crippen molar-refractivity contribution in [2.24, 2.45) is 5.92 Å². The summed E-state index contributed by atoms with van der Waals surface area (Å²) in [6.45, 7) is -1.13. The number of aldehydes is 1. The molecule has 3 nitrogen and oxygen atoms in total. The van der Waals surface area contributed by atoms with E-state index in [-0.39, 0.29) is 17.6 Å². The van der Waals surface area contributed by atoms with E-state index in [0.29, 0.717) is 6.29 Å². The Labute approximate surface area is 83.3 Å². The van der Waals surface area contributed by atoms with Crippen LogP contribution in [0.3, 0.4) is 0 Å². The molecule has 3 heteroatoms. The number of ether oxygens (including phenoxy) is 1. The summed E-state index contributed by atoms with van der Waals surface area (Å²) in [4.78, 5) is 10.9. The molecule has 1 aliphatic heterocycles. The fraction of sp³-hybridized carbons (Fsp3) is 0.500. The van der Waals surface area contributed by atoms with E-state index in [0.717, 1.165) is 0 Å². The average Bonchev–Trinajstić information content (AvgIpc) is 2.15. The van der Waals surface area contributed by atoms with Crippen molar-refractivity contribution < 1.29 is 20.1 Å². The zero-order valence-corrected chi connectivity index (χ0v) is 7.28. The van der Waals surface area contributed by atoms with Crippen LogP contribution in [0.25, 0.3) is 0 Å². The van der Waals surface area contributed by atoms with Gasteiger partial charge in [-0.15, -0.1) is 0 Å². The van der Waals surface area contributed by atoms with Gasteiger partial charge in [-0.1, -0.05) is 12.6 Å². The topological polar surface area (TPSA) is 46.5 Å². The molecule has 1 rings (SSSR count). The third-order valence-electron chi connectivity index (χ3n) is 2.00. The van der Waals surface area contributed by atoms with Gasteiger partial charge in [0, 0.05) is 5.92 Å². The van der Waals surface area contributed by atoms with Gasteiger partial charge in [-0.2, -0.15) is 0 Å². The van der Waals surface area contributed by atoms with Gasteiger partial charge in [0.05, 0.1) is 12.0 Å². The van der Waals surface area contributed by atoms with Crippen molar-refractivity contribution in [3.63, 3.8) is 0 Å². The Morgan fingerprint density at radius 1 is 2.00 bits per heavy atom. The second-order valence-electron chi connectivity index (χ2n) is 2.73. The van der Waals surface area contributed by atoms with E-state index >= 15 is 0 Å². The SMILES string of the molecule is [2H]C([2H])=C1C(O)OC([2H])([2H])C[C@H]1/C(C=O)=C\C. The summed E-state index contributed by atoms with van der Waals surface area (Å²) in [5.74, 6) is -0.791. The monoisotopic (exact) mass is 186 g/mol. The molecule has 1 fully saturated rings. The van der Waals surface area contributed by atoms with E-state index < -0.39 is 25.3 Å². The number of hydrogen-bond donors (Lipinski definition) is 1. The van der Waals surface area contributed by atoms with Crippen molar-refractivity contribution in [2.75, 3.05) is 6.56 Å². The standard InChI is InChI=1S/C10H14O3/c1-3-8(6-11)9-4-5-13-10(12)7(9)2/h3,6,9-10,12H,2,4-5H2,1H3/b8-3-/t9-,10?/m1/s1/i2D2,5D2. The minimum absolute atomic E-state index is 0.0830. The lowest BCUT2D eigenvalue weighted by Crippen LogP contribution is -2.29. The van der Waals surface area contributed by atoms with Gasteiger partial charge in [0.2, 0.25) is 0 Å². The molecule has 1 aliphatic rings. The molecule has 0 spiro atoms. The van der Waals surface area contributed by atoms with Gasteiger partial charge in [0.15, 0.2) is 6.29 Å². The number of rotatable bonds is 2. The molecule has 2 atom stereocenters. The molecule has 72 valence electrons. The Balaban J connectivity index is 3.20. The number of allylic oxidation sites excluding steroid dienone is 2. The molecule has 1 unspecified atom stereocenters. The summed E-state index contributed by atoms with van der Waals surface area (Å²) >= 11 is 0. The zero-order chi connectivity index (χ0) is 13.2. The molecular weight excluding hydrogens is 168 g/mol. The average molecular weight is 186 g/mol. The van der Waals surface area contributed by atoms with Crippen molar-refractivity contribution in [3.05, 3.63) is 23.8 Å². The van der Waals surface area contributed by atoms with E-state index in [4.69, 9.17) is 5.48 Å². The van der Waals surface area contributed by atoms with E-state index in [1.807, 2.05) is 0 Å². The molecule has 1 heterocycles. The summed E-state index contributed by atoms with van der Waals surface area (Å²) in [6.07, 6.45) is 0.166. The van der Waals surface area contributed by atoms with Crippen LogP contribution in [0.4, 0.5) is 0 Å². The first kappa shape index (κ1) is 5.73. The van der Waals surface area contributed by atoms with Gasteiger partial charge >= 0.3 is 0 Å². The Bertz CT molecular complexity index is 372. The fourth-order valence-electron chi connectivity index (χ4n) is 1.20. The largest absolute Gasteiger partial charge is 0.364 e. The van der Waals surface area contributed by atoms with Crippen LogP contribution in [-0.2, 0) is 9.53 Å². The minimum atomic E-state index is -2.08. The summed E-state index contributed by atoms with van der Waals surface area (Å²) in [5, 5.41) is 9.58. The number of hydrogen-bond acceptors (Lipinski definition) is 3. The van der Waals surface area contributed by atoms with Crippen LogP contribution in [0, 0.1) is 5.92 Å². The Morgan fingerprint density at radius 2 is 2.77 bits per heavy atom. The molecular formula is C10H14O3. The maximum Gasteiger partial charge on any atom is 0.177 e. The Hall–Kier alpha value is -0.930. The van der Waals surface area contributed by atoms with Gasteiger partial charge < -0.3 is 9.84 Å². The molecule has 0 aromatic carbocycles. The van der Waals surface area contributed by atoms with Crippen LogP contribution in [-0.4, -0.2) is 24.2 Å². The number of carbonyl (C=O) groups is 1. The van der Waals surface area contributed by atoms with Crippen LogP contribution in [0.1, 0.15) is 18.8 Å². The first-order valence-corrected chi connectivity index (χ1v) is 3.97. The van der Waals surface area contributed by atoms with Crippen molar-refractivity contribution >= 4 is 6.29 Å². The van der Waals surface area contributed by atoms with E-state index in [9.17, 15) is 9.90 Å². The van der Waals surface area contributed by atoms with Crippen LogP contribution in [0.5, 0.6) is 0 Å². The summed E-state index contributed by atoms with van der Waals surface area (Å²) in [6, 6.07) is 0. The molecule has 0 radical (unpaired) electrons. The molecule has 0 bridgehead atoms. The molecule has 1 N–H and O–H groups in total. The van der Waals surface area contributed by atoms with E-state index in [1.54, 1.807) is 6.92 Å². The van der Waals surface area contributed by atoms with Crippen LogP contribution in [0.2, 0.25) is 0 Å². The highest BCUT2D eigenvalue weighted by atomic mass is 16.6. The first-order chi connectivity index (χ1) is 7.82. The van der Waals surface area contributed by atoms with Crippen molar-refractivity contribution in [1.29, 1.82) is 0 Å². The van der Waals surface area contributed by atoms with Crippen LogP contribution < -0.4 is 0 Å². The lowest BCUT2D eigenvalue weighted by molar-refractivity contribution is -0.108. The second-order valence-corrected chi connectivity index (χ2v) is 2.73. The van der Waals surface area contributed by atoms with Gasteiger partial charge in [0.25, 0.3) is 0 Å². The maximum atomic E-state index is 10.9. The minimum Gasteiger partial charge on any atom is -0.364 e. The van der Waals surface area contributed by atoms with Gasteiger partial charge in [-0.25, -0.2) is 0 Å². The highest BCUT2D eigenvalue weighted by Crippen LogP contribution is 2.28. The molecule has 0 aromatic rings. The second kappa shape index (κ2) is 4.35. The van der Waals surface area contributed by atoms with E-state index in [2.05, 4.69) is 4.74 Å². The quantitative estimate of drug-likeness (QED) is 0.398. The van der Waals surface area contributed by atoms with E-state index in [1.165, 1.54) is 6.08 Å². The zero-order valence-electron chi connectivity index (χ0n) is 11.3. The van der Waals surface area contributed by atoms with Gasteiger partial charge in [-0.3, -0.25) is 4.79 Å². The highest BCUT2D eigenvalue weighted by molar-refractivity contribution is 5.75. The van der Waals surface area contributed by atoms with Gasteiger partial charge in [0.1, 0.15) is 6.29 Å². The smallest absolute Gasteiger partial charge is 0.177 e. The fourth-order valence-corrected chi connectivity index (χ4v) is 1.20. The summed E-state index contributed by atoms with van der Waals surface area (Å²) in [7, 11) is 0.